The molecule has 1 rings (SSSR count). The smallest absolute Gasteiger partial charge is 0.280 e. The van der Waals surface area contributed by atoms with E-state index in [-0.39, 0.29) is 17.9 Å². The van der Waals surface area contributed by atoms with Crippen LogP contribution in [0.1, 0.15) is 49.9 Å². The minimum Gasteiger partial charge on any atom is -0.359 e. The number of carbonyl (C=O) groups excluding carboxylic acids is 2. The number of carbonyl (C=O) groups is 2. The van der Waals surface area contributed by atoms with Crippen LogP contribution in [0, 0.1) is 12.3 Å². The first-order chi connectivity index (χ1) is 10.5. The fraction of sp³-hybridized carbons (Fsp3) is 0.533. The molecule has 23 heavy (non-hydrogen) atoms. The zero-order chi connectivity index (χ0) is 17.8. The normalized spacial score (nSPS) is 11.1. The Balaban J connectivity index is 2.69. The summed E-state index contributed by atoms with van der Waals surface area (Å²) in [5.74, 6) is -0.386. The molecule has 0 unspecified atom stereocenters. The van der Waals surface area contributed by atoms with Gasteiger partial charge in [0, 0.05) is 11.5 Å². The largest absolute Gasteiger partial charge is 0.359 e. The van der Waals surface area contributed by atoms with Crippen LogP contribution in [0.5, 0.6) is 0 Å². The molecule has 0 saturated carbocycles. The molecule has 0 radical (unpaired) electrons. The first kappa shape index (κ1) is 19.4. The van der Waals surface area contributed by atoms with Gasteiger partial charge in [0.1, 0.15) is 0 Å². The van der Waals surface area contributed by atoms with Gasteiger partial charge in [-0.3, -0.25) is 20.4 Å². The molecule has 1 heterocycles. The van der Waals surface area contributed by atoms with Gasteiger partial charge in [-0.15, -0.1) is 11.3 Å². The Bertz CT molecular complexity index is 603. The lowest BCUT2D eigenvalue weighted by atomic mass is 9.96. The van der Waals surface area contributed by atoms with Gasteiger partial charge in [0.2, 0.25) is 5.91 Å². The van der Waals surface area contributed by atoms with E-state index in [0.29, 0.717) is 15.0 Å². The Morgan fingerprint density at radius 3 is 2.35 bits per heavy atom. The summed E-state index contributed by atoms with van der Waals surface area (Å²) in [5, 5.41) is 6.79. The summed E-state index contributed by atoms with van der Waals surface area (Å²) in [6, 6.07) is 1.96. The number of hydrogen-bond donors (Lipinski definition) is 4. The van der Waals surface area contributed by atoms with Gasteiger partial charge in [0.15, 0.2) is 5.11 Å². The van der Waals surface area contributed by atoms with Crippen molar-refractivity contribution in [3.05, 3.63) is 16.5 Å². The van der Waals surface area contributed by atoms with Crippen LogP contribution in [0.2, 0.25) is 0 Å². The number of amides is 2. The van der Waals surface area contributed by atoms with Crippen molar-refractivity contribution in [2.45, 2.75) is 47.6 Å². The van der Waals surface area contributed by atoms with E-state index >= 15 is 0 Å². The van der Waals surface area contributed by atoms with Crippen molar-refractivity contribution in [3.63, 3.8) is 0 Å². The number of nitrogens with one attached hydrogen (secondary N) is 4. The number of thiophene rings is 1. The Hall–Kier alpha value is -1.67. The molecule has 2 amide bonds. The van der Waals surface area contributed by atoms with Gasteiger partial charge in [-0.1, -0.05) is 20.8 Å². The van der Waals surface area contributed by atoms with Crippen molar-refractivity contribution in [1.29, 1.82) is 0 Å². The second-order valence-electron chi connectivity index (χ2n) is 6.53. The van der Waals surface area contributed by atoms with Crippen molar-refractivity contribution < 1.29 is 9.59 Å². The Morgan fingerprint density at radius 1 is 1.22 bits per heavy atom. The number of anilines is 1. The maximum Gasteiger partial charge on any atom is 0.280 e. The van der Waals surface area contributed by atoms with E-state index in [4.69, 9.17) is 12.2 Å². The highest BCUT2D eigenvalue weighted by atomic mass is 32.1. The molecule has 0 aliphatic carbocycles. The number of hydrogen-bond acceptors (Lipinski definition) is 4. The average molecular weight is 357 g/mol. The van der Waals surface area contributed by atoms with E-state index in [2.05, 4.69) is 21.5 Å². The summed E-state index contributed by atoms with van der Waals surface area (Å²) in [5.41, 5.74) is 5.50. The molecule has 4 N–H and O–H groups in total. The second kappa shape index (κ2) is 7.74. The Labute approximate surface area is 146 Å². The van der Waals surface area contributed by atoms with Crippen LogP contribution in [0.3, 0.4) is 0 Å². The molecular formula is C15H24N4O2S2. The van der Waals surface area contributed by atoms with Crippen molar-refractivity contribution in [2.75, 3.05) is 5.32 Å². The van der Waals surface area contributed by atoms with E-state index in [9.17, 15) is 9.59 Å². The third-order valence-corrected chi connectivity index (χ3v) is 4.12. The highest BCUT2D eigenvalue weighted by Gasteiger charge is 2.23. The standard InChI is InChI=1S/C15H24N4O2S2/c1-8(2)16-14(22)19-18-12(20)11-9(3)7-10(23-11)17-13(21)15(4,5)6/h7-8H,1-6H3,(H,17,21)(H,18,20)(H2,16,19,22). The number of rotatable bonds is 3. The summed E-state index contributed by atoms with van der Waals surface area (Å²) < 4.78 is 0. The van der Waals surface area contributed by atoms with Gasteiger partial charge < -0.3 is 10.6 Å². The predicted molar refractivity (Wildman–Crippen MR) is 98.6 cm³/mol. The molecular weight excluding hydrogens is 332 g/mol. The van der Waals surface area contributed by atoms with E-state index < -0.39 is 5.41 Å². The lowest BCUT2D eigenvalue weighted by Gasteiger charge is -2.16. The van der Waals surface area contributed by atoms with Gasteiger partial charge in [-0.25, -0.2) is 0 Å². The van der Waals surface area contributed by atoms with Crippen LogP contribution >= 0.6 is 23.6 Å². The SMILES string of the molecule is Cc1cc(NC(=O)C(C)(C)C)sc1C(=O)NNC(=S)NC(C)C. The molecule has 6 nitrogen and oxygen atoms in total. The van der Waals surface area contributed by atoms with Crippen molar-refractivity contribution in [2.24, 2.45) is 5.41 Å². The zero-order valence-corrected chi connectivity index (χ0v) is 15.9. The molecule has 0 aliphatic heterocycles. The lowest BCUT2D eigenvalue weighted by molar-refractivity contribution is -0.123. The fourth-order valence-electron chi connectivity index (χ4n) is 1.54. The van der Waals surface area contributed by atoms with Gasteiger partial charge in [-0.2, -0.15) is 0 Å². The summed E-state index contributed by atoms with van der Waals surface area (Å²) in [6.45, 7) is 11.2. The quantitative estimate of drug-likeness (QED) is 0.494. The third-order valence-electron chi connectivity index (χ3n) is 2.75. The van der Waals surface area contributed by atoms with E-state index in [1.54, 1.807) is 6.07 Å². The van der Waals surface area contributed by atoms with Gasteiger partial charge in [-0.05, 0) is 44.6 Å². The molecule has 8 heteroatoms. The zero-order valence-electron chi connectivity index (χ0n) is 14.3. The maximum atomic E-state index is 12.2. The molecule has 1 aromatic heterocycles. The fourth-order valence-corrected chi connectivity index (χ4v) is 2.79. The van der Waals surface area contributed by atoms with Crippen molar-refractivity contribution in [1.82, 2.24) is 16.2 Å². The third kappa shape index (κ3) is 6.15. The van der Waals surface area contributed by atoms with Crippen LogP contribution in [0.4, 0.5) is 5.00 Å². The van der Waals surface area contributed by atoms with Crippen molar-refractivity contribution >= 4 is 45.5 Å². The van der Waals surface area contributed by atoms with Crippen LogP contribution < -0.4 is 21.5 Å². The second-order valence-corrected chi connectivity index (χ2v) is 7.99. The van der Waals surface area contributed by atoms with Gasteiger partial charge in [0.25, 0.3) is 5.91 Å². The topological polar surface area (TPSA) is 82.3 Å². The van der Waals surface area contributed by atoms with Crippen LogP contribution in [0.15, 0.2) is 6.07 Å². The lowest BCUT2D eigenvalue weighted by Crippen LogP contribution is -2.48. The molecule has 0 bridgehead atoms. The molecule has 1 aromatic rings. The summed E-state index contributed by atoms with van der Waals surface area (Å²) in [4.78, 5) is 24.7. The number of hydrazine groups is 1. The molecule has 0 saturated heterocycles. The average Bonchev–Trinajstić information content (AvgIpc) is 2.75. The molecule has 0 spiro atoms. The maximum absolute atomic E-state index is 12.2. The minimum atomic E-state index is -0.490. The Morgan fingerprint density at radius 2 is 1.83 bits per heavy atom. The van der Waals surface area contributed by atoms with Crippen LogP contribution in [0.25, 0.3) is 0 Å². The molecule has 0 fully saturated rings. The highest BCUT2D eigenvalue weighted by molar-refractivity contribution is 7.80. The first-order valence-electron chi connectivity index (χ1n) is 7.29. The van der Waals surface area contributed by atoms with E-state index in [1.165, 1.54) is 11.3 Å². The predicted octanol–water partition coefficient (Wildman–Crippen LogP) is 2.56. The summed E-state index contributed by atoms with van der Waals surface area (Å²) in [6.07, 6.45) is 0. The van der Waals surface area contributed by atoms with Gasteiger partial charge >= 0.3 is 0 Å². The monoisotopic (exact) mass is 356 g/mol. The first-order valence-corrected chi connectivity index (χ1v) is 8.52. The summed E-state index contributed by atoms with van der Waals surface area (Å²) in [7, 11) is 0. The van der Waals surface area contributed by atoms with Crippen LogP contribution in [-0.2, 0) is 4.79 Å². The minimum absolute atomic E-state index is 0.0915. The number of thiocarbonyl (C=S) groups is 1. The Kier molecular flexibility index (Phi) is 6.52. The molecule has 128 valence electrons. The van der Waals surface area contributed by atoms with E-state index in [0.717, 1.165) is 5.56 Å². The van der Waals surface area contributed by atoms with Crippen LogP contribution in [-0.4, -0.2) is 23.0 Å². The van der Waals surface area contributed by atoms with Crippen molar-refractivity contribution in [3.8, 4) is 0 Å². The van der Waals surface area contributed by atoms with E-state index in [1.807, 2.05) is 41.5 Å². The highest BCUT2D eigenvalue weighted by Crippen LogP contribution is 2.28. The number of aryl methyl sites for hydroxylation is 1. The molecule has 0 aliphatic rings. The molecule has 0 aromatic carbocycles. The van der Waals surface area contributed by atoms with Gasteiger partial charge in [0.05, 0.1) is 9.88 Å². The summed E-state index contributed by atoms with van der Waals surface area (Å²) >= 11 is 6.27. The molecule has 0 atom stereocenters.